The molecule has 3 heteroatoms. The lowest BCUT2D eigenvalue weighted by Gasteiger charge is -2.37. The van der Waals surface area contributed by atoms with Crippen LogP contribution in [0, 0.1) is 11.3 Å². The molecule has 0 atom stereocenters. The van der Waals surface area contributed by atoms with Crippen LogP contribution in [0.2, 0.25) is 0 Å². The molecule has 20 heavy (non-hydrogen) atoms. The molecule has 1 rings (SSSR count). The number of hydrogen-bond donors (Lipinski definition) is 0. The summed E-state index contributed by atoms with van der Waals surface area (Å²) in [6.07, 6.45) is 7.25. The van der Waals surface area contributed by atoms with E-state index >= 15 is 0 Å². The molecule has 0 amide bonds. The van der Waals surface area contributed by atoms with Gasteiger partial charge in [-0.2, -0.15) is 0 Å². The number of ketones is 1. The van der Waals surface area contributed by atoms with Crippen molar-refractivity contribution in [1.29, 1.82) is 0 Å². The average molecular weight is 344 g/mol. The smallest absolute Gasteiger partial charge is 0.160 e. The van der Waals surface area contributed by atoms with Crippen LogP contribution in [0.15, 0.2) is 11.8 Å². The largest absolute Gasteiger partial charge is 0.377 e. The second kappa shape index (κ2) is 8.21. The van der Waals surface area contributed by atoms with E-state index in [-0.39, 0.29) is 5.41 Å². The van der Waals surface area contributed by atoms with Crippen LogP contribution in [-0.4, -0.2) is 29.1 Å². The van der Waals surface area contributed by atoms with Crippen LogP contribution >= 0.6 is 15.9 Å². The van der Waals surface area contributed by atoms with Gasteiger partial charge in [0, 0.05) is 36.6 Å². The maximum atomic E-state index is 12.5. The fraction of sp³-hybridized carbons (Fsp3) is 0.824. The fourth-order valence-corrected chi connectivity index (χ4v) is 3.13. The number of allylic oxidation sites excluding steroid dienone is 1. The van der Waals surface area contributed by atoms with E-state index < -0.39 is 0 Å². The van der Waals surface area contributed by atoms with E-state index in [9.17, 15) is 4.79 Å². The van der Waals surface area contributed by atoms with E-state index in [4.69, 9.17) is 0 Å². The van der Waals surface area contributed by atoms with Crippen LogP contribution in [0.5, 0.6) is 0 Å². The normalized spacial score (nSPS) is 18.3. The van der Waals surface area contributed by atoms with Crippen molar-refractivity contribution in [3.8, 4) is 0 Å². The van der Waals surface area contributed by atoms with Crippen molar-refractivity contribution in [2.24, 2.45) is 11.3 Å². The predicted molar refractivity (Wildman–Crippen MR) is 90.2 cm³/mol. The summed E-state index contributed by atoms with van der Waals surface area (Å²) < 4.78 is 0. The minimum absolute atomic E-state index is 0.0417. The summed E-state index contributed by atoms with van der Waals surface area (Å²) in [6, 6.07) is 0. The maximum absolute atomic E-state index is 12.5. The summed E-state index contributed by atoms with van der Waals surface area (Å²) in [5.74, 6) is 1.00. The molecule has 0 aromatic rings. The molecule has 0 aliphatic carbocycles. The minimum atomic E-state index is 0.0417. The molecule has 0 N–H and O–H groups in total. The van der Waals surface area contributed by atoms with Crippen LogP contribution < -0.4 is 0 Å². The van der Waals surface area contributed by atoms with Gasteiger partial charge in [0.15, 0.2) is 5.78 Å². The number of halogens is 1. The molecular formula is C17H30BrNO. The first-order valence-corrected chi connectivity index (χ1v) is 9.04. The first-order valence-electron chi connectivity index (χ1n) is 7.92. The van der Waals surface area contributed by atoms with Crippen molar-refractivity contribution in [2.75, 3.05) is 18.4 Å². The molecule has 0 aromatic heterocycles. The molecule has 0 bridgehead atoms. The Kier molecular flexibility index (Phi) is 7.28. The van der Waals surface area contributed by atoms with Gasteiger partial charge in [-0.15, -0.1) is 0 Å². The molecule has 2 nitrogen and oxygen atoms in total. The molecule has 116 valence electrons. The number of alkyl halides is 1. The van der Waals surface area contributed by atoms with Gasteiger partial charge in [0.2, 0.25) is 0 Å². The fourth-order valence-electron chi connectivity index (χ4n) is 2.73. The van der Waals surface area contributed by atoms with E-state index in [2.05, 4.69) is 54.7 Å². The third-order valence-corrected chi connectivity index (χ3v) is 4.56. The Morgan fingerprint density at radius 2 is 2.05 bits per heavy atom. The lowest BCUT2D eigenvalue weighted by molar-refractivity contribution is -0.117. The van der Waals surface area contributed by atoms with Gasteiger partial charge in [0.25, 0.3) is 0 Å². The highest BCUT2D eigenvalue weighted by Gasteiger charge is 2.32. The van der Waals surface area contributed by atoms with Gasteiger partial charge in [-0.3, -0.25) is 4.79 Å². The van der Waals surface area contributed by atoms with Crippen molar-refractivity contribution in [3.05, 3.63) is 11.8 Å². The SMILES string of the molecule is CC(C)CN1C=C(C(=O)CCCCCBr)C(C)(C)CC1. The highest BCUT2D eigenvalue weighted by atomic mass is 79.9. The third-order valence-electron chi connectivity index (χ3n) is 4.00. The minimum Gasteiger partial charge on any atom is -0.377 e. The Morgan fingerprint density at radius 1 is 1.35 bits per heavy atom. The quantitative estimate of drug-likeness (QED) is 0.466. The number of Topliss-reactive ketones (excluding diaryl/α,β-unsaturated/α-hetero) is 1. The summed E-state index contributed by atoms with van der Waals surface area (Å²) in [5.41, 5.74) is 1.09. The van der Waals surface area contributed by atoms with Gasteiger partial charge in [-0.1, -0.05) is 50.0 Å². The Bertz CT molecular complexity index is 347. The van der Waals surface area contributed by atoms with Crippen molar-refractivity contribution >= 4 is 21.7 Å². The lowest BCUT2D eigenvalue weighted by Crippen LogP contribution is -2.36. The van der Waals surface area contributed by atoms with Gasteiger partial charge in [-0.25, -0.2) is 0 Å². The van der Waals surface area contributed by atoms with E-state index in [0.717, 1.165) is 49.7 Å². The summed E-state index contributed by atoms with van der Waals surface area (Å²) in [5, 5.41) is 1.04. The Hall–Kier alpha value is -0.310. The van der Waals surface area contributed by atoms with Crippen molar-refractivity contribution in [1.82, 2.24) is 4.90 Å². The number of nitrogens with zero attached hydrogens (tertiary/aromatic N) is 1. The van der Waals surface area contributed by atoms with Crippen LogP contribution in [0.4, 0.5) is 0 Å². The summed E-state index contributed by atoms with van der Waals surface area (Å²) >= 11 is 3.44. The lowest BCUT2D eigenvalue weighted by atomic mass is 9.76. The number of unbranched alkanes of at least 4 members (excludes halogenated alkanes) is 2. The van der Waals surface area contributed by atoms with E-state index in [1.807, 2.05) is 0 Å². The number of rotatable bonds is 8. The van der Waals surface area contributed by atoms with Crippen LogP contribution in [-0.2, 0) is 4.79 Å². The zero-order valence-electron chi connectivity index (χ0n) is 13.5. The van der Waals surface area contributed by atoms with Gasteiger partial charge >= 0.3 is 0 Å². The Labute approximate surface area is 133 Å². The predicted octanol–water partition coefficient (Wildman–Crippen LogP) is 4.78. The average Bonchev–Trinajstić information content (AvgIpc) is 2.36. The number of carbonyl (C=O) groups excluding carboxylic acids is 1. The van der Waals surface area contributed by atoms with Gasteiger partial charge in [0.1, 0.15) is 0 Å². The van der Waals surface area contributed by atoms with E-state index in [1.165, 1.54) is 0 Å². The maximum Gasteiger partial charge on any atom is 0.160 e. The number of hydrogen-bond acceptors (Lipinski definition) is 2. The van der Waals surface area contributed by atoms with Gasteiger partial charge in [0.05, 0.1) is 0 Å². The van der Waals surface area contributed by atoms with Crippen LogP contribution in [0.3, 0.4) is 0 Å². The second-order valence-electron chi connectivity index (χ2n) is 6.99. The van der Waals surface area contributed by atoms with Crippen molar-refractivity contribution in [3.63, 3.8) is 0 Å². The summed E-state index contributed by atoms with van der Waals surface area (Å²) in [4.78, 5) is 14.8. The highest BCUT2D eigenvalue weighted by Crippen LogP contribution is 2.36. The summed E-state index contributed by atoms with van der Waals surface area (Å²) in [7, 11) is 0. The molecule has 1 aliphatic rings. The zero-order valence-corrected chi connectivity index (χ0v) is 15.1. The first-order chi connectivity index (χ1) is 9.36. The molecule has 0 unspecified atom stereocenters. The van der Waals surface area contributed by atoms with Crippen LogP contribution in [0.1, 0.15) is 59.8 Å². The Balaban J connectivity index is 2.65. The molecule has 0 spiro atoms. The van der Waals surface area contributed by atoms with Gasteiger partial charge in [-0.05, 0) is 30.6 Å². The van der Waals surface area contributed by atoms with E-state index in [1.54, 1.807) is 0 Å². The second-order valence-corrected chi connectivity index (χ2v) is 7.78. The standard InChI is InChI=1S/C17H30BrNO/c1-14(2)12-19-11-9-17(3,4)15(13-19)16(20)8-6-5-7-10-18/h13-14H,5-12H2,1-4H3. The molecular weight excluding hydrogens is 314 g/mol. The zero-order chi connectivity index (χ0) is 15.2. The molecule has 0 saturated heterocycles. The first kappa shape index (κ1) is 17.7. The molecule has 0 fully saturated rings. The van der Waals surface area contributed by atoms with Gasteiger partial charge < -0.3 is 4.90 Å². The highest BCUT2D eigenvalue weighted by molar-refractivity contribution is 9.09. The van der Waals surface area contributed by atoms with E-state index in [0.29, 0.717) is 18.1 Å². The monoisotopic (exact) mass is 343 g/mol. The molecule has 0 aromatic carbocycles. The molecule has 0 radical (unpaired) electrons. The topological polar surface area (TPSA) is 20.3 Å². The van der Waals surface area contributed by atoms with Crippen molar-refractivity contribution in [2.45, 2.75) is 59.8 Å². The molecule has 0 saturated carbocycles. The number of carbonyl (C=O) groups is 1. The van der Waals surface area contributed by atoms with Crippen LogP contribution in [0.25, 0.3) is 0 Å². The molecule has 1 heterocycles. The third kappa shape index (κ3) is 5.59. The molecule has 1 aliphatic heterocycles. The Morgan fingerprint density at radius 3 is 2.65 bits per heavy atom. The van der Waals surface area contributed by atoms with Crippen molar-refractivity contribution < 1.29 is 4.79 Å². The summed E-state index contributed by atoms with van der Waals surface area (Å²) in [6.45, 7) is 11.0.